The van der Waals surface area contributed by atoms with Crippen molar-refractivity contribution in [2.75, 3.05) is 19.8 Å². The molecule has 0 radical (unpaired) electrons. The van der Waals surface area contributed by atoms with Gasteiger partial charge < -0.3 is 10.1 Å². The Morgan fingerprint density at radius 3 is 2.67 bits per heavy atom. The lowest BCUT2D eigenvalue weighted by atomic mass is 10.0. The van der Waals surface area contributed by atoms with Gasteiger partial charge >= 0.3 is 0 Å². The van der Waals surface area contributed by atoms with Gasteiger partial charge in [-0.2, -0.15) is 0 Å². The van der Waals surface area contributed by atoms with Gasteiger partial charge in [0.25, 0.3) is 0 Å². The first-order valence-corrected chi connectivity index (χ1v) is 6.03. The minimum Gasteiger partial charge on any atom is -0.381 e. The van der Waals surface area contributed by atoms with E-state index in [-0.39, 0.29) is 5.54 Å². The van der Waals surface area contributed by atoms with Crippen LogP contribution in [0.15, 0.2) is 11.6 Å². The highest BCUT2D eigenvalue weighted by Gasteiger charge is 2.14. The van der Waals surface area contributed by atoms with Crippen molar-refractivity contribution in [3.8, 4) is 0 Å². The first kappa shape index (κ1) is 12.7. The Morgan fingerprint density at radius 2 is 2.20 bits per heavy atom. The van der Waals surface area contributed by atoms with Crippen LogP contribution in [0.25, 0.3) is 0 Å². The van der Waals surface area contributed by atoms with E-state index in [2.05, 4.69) is 39.1 Å². The van der Waals surface area contributed by atoms with Crippen LogP contribution >= 0.6 is 0 Å². The molecule has 0 bridgehead atoms. The molecule has 88 valence electrons. The molecule has 1 heterocycles. The van der Waals surface area contributed by atoms with Crippen molar-refractivity contribution < 1.29 is 4.74 Å². The van der Waals surface area contributed by atoms with Crippen LogP contribution in [-0.2, 0) is 4.74 Å². The lowest BCUT2D eigenvalue weighted by Crippen LogP contribution is -2.37. The van der Waals surface area contributed by atoms with E-state index < -0.39 is 0 Å². The van der Waals surface area contributed by atoms with Gasteiger partial charge in [0, 0.05) is 24.6 Å². The summed E-state index contributed by atoms with van der Waals surface area (Å²) < 4.78 is 5.38. The molecule has 1 rings (SSSR count). The number of hydrogen-bond acceptors (Lipinski definition) is 2. The second-order valence-electron chi connectivity index (χ2n) is 5.41. The number of rotatable bonds is 4. The first-order chi connectivity index (χ1) is 7.01. The summed E-state index contributed by atoms with van der Waals surface area (Å²) in [5.74, 6) is 0.654. The highest BCUT2D eigenvalue weighted by molar-refractivity contribution is 5.07. The Kier molecular flexibility index (Phi) is 4.81. The van der Waals surface area contributed by atoms with Crippen LogP contribution in [0.1, 0.15) is 40.5 Å². The Bertz CT molecular complexity index is 209. The SMILES string of the molecule is CC/C(=C\C1CCOC1)CNC(C)(C)C. The summed E-state index contributed by atoms with van der Waals surface area (Å²) in [6, 6.07) is 0. The quantitative estimate of drug-likeness (QED) is 0.722. The van der Waals surface area contributed by atoms with Gasteiger partial charge in [0.2, 0.25) is 0 Å². The Labute approximate surface area is 94.1 Å². The van der Waals surface area contributed by atoms with Crippen LogP contribution in [-0.4, -0.2) is 25.3 Å². The first-order valence-electron chi connectivity index (χ1n) is 6.03. The normalized spacial score (nSPS) is 23.5. The third-order valence-corrected chi connectivity index (χ3v) is 2.74. The summed E-state index contributed by atoms with van der Waals surface area (Å²) in [5.41, 5.74) is 1.72. The van der Waals surface area contributed by atoms with E-state index >= 15 is 0 Å². The molecule has 0 saturated carbocycles. The van der Waals surface area contributed by atoms with E-state index in [9.17, 15) is 0 Å². The molecule has 0 aromatic rings. The van der Waals surface area contributed by atoms with Crippen LogP contribution < -0.4 is 5.32 Å². The molecular weight excluding hydrogens is 186 g/mol. The third-order valence-electron chi connectivity index (χ3n) is 2.74. The summed E-state index contributed by atoms with van der Waals surface area (Å²) in [6.07, 6.45) is 4.74. The molecule has 1 N–H and O–H groups in total. The van der Waals surface area contributed by atoms with Crippen LogP contribution in [0.4, 0.5) is 0 Å². The molecule has 1 fully saturated rings. The maximum atomic E-state index is 5.38. The molecular formula is C13H25NO. The predicted octanol–water partition coefficient (Wildman–Crippen LogP) is 2.75. The standard InChI is InChI=1S/C13H25NO/c1-5-11(9-14-13(2,3)4)8-12-6-7-15-10-12/h8,12,14H,5-7,9-10H2,1-4H3/b11-8+. The molecule has 0 amide bonds. The minimum absolute atomic E-state index is 0.209. The minimum atomic E-state index is 0.209. The predicted molar refractivity (Wildman–Crippen MR) is 65.1 cm³/mol. The van der Waals surface area contributed by atoms with Crippen molar-refractivity contribution in [2.24, 2.45) is 5.92 Å². The lowest BCUT2D eigenvalue weighted by molar-refractivity contribution is 0.191. The lowest BCUT2D eigenvalue weighted by Gasteiger charge is -2.21. The largest absolute Gasteiger partial charge is 0.381 e. The van der Waals surface area contributed by atoms with E-state index in [0.717, 1.165) is 26.2 Å². The number of ether oxygens (including phenoxy) is 1. The van der Waals surface area contributed by atoms with Gasteiger partial charge in [-0.05, 0) is 33.6 Å². The molecule has 0 aromatic heterocycles. The molecule has 0 aliphatic carbocycles. The number of nitrogens with one attached hydrogen (secondary N) is 1. The van der Waals surface area contributed by atoms with Gasteiger partial charge in [-0.25, -0.2) is 0 Å². The zero-order chi connectivity index (χ0) is 11.3. The van der Waals surface area contributed by atoms with Crippen LogP contribution in [0.2, 0.25) is 0 Å². The molecule has 2 nitrogen and oxygen atoms in total. The van der Waals surface area contributed by atoms with E-state index in [0.29, 0.717) is 5.92 Å². The third kappa shape index (κ3) is 5.33. The van der Waals surface area contributed by atoms with Crippen molar-refractivity contribution in [1.29, 1.82) is 0 Å². The average Bonchev–Trinajstić information content (AvgIpc) is 2.63. The van der Waals surface area contributed by atoms with Gasteiger partial charge in [-0.1, -0.05) is 18.6 Å². The summed E-state index contributed by atoms with van der Waals surface area (Å²) in [5, 5.41) is 3.54. The maximum absolute atomic E-state index is 5.38. The summed E-state index contributed by atoms with van der Waals surface area (Å²) in [4.78, 5) is 0. The fourth-order valence-corrected chi connectivity index (χ4v) is 1.70. The number of hydrogen-bond donors (Lipinski definition) is 1. The highest BCUT2D eigenvalue weighted by atomic mass is 16.5. The smallest absolute Gasteiger partial charge is 0.0529 e. The molecule has 1 saturated heterocycles. The van der Waals surface area contributed by atoms with Gasteiger partial charge in [-0.15, -0.1) is 0 Å². The zero-order valence-electron chi connectivity index (χ0n) is 10.6. The summed E-state index contributed by atoms with van der Waals surface area (Å²) in [7, 11) is 0. The summed E-state index contributed by atoms with van der Waals surface area (Å²) in [6.45, 7) is 11.7. The fourth-order valence-electron chi connectivity index (χ4n) is 1.70. The van der Waals surface area contributed by atoms with Crippen molar-refractivity contribution in [3.63, 3.8) is 0 Å². The summed E-state index contributed by atoms with van der Waals surface area (Å²) >= 11 is 0. The molecule has 1 atom stereocenters. The van der Waals surface area contributed by atoms with E-state index in [1.54, 1.807) is 0 Å². The second kappa shape index (κ2) is 5.66. The van der Waals surface area contributed by atoms with Gasteiger partial charge in [0.1, 0.15) is 0 Å². The van der Waals surface area contributed by atoms with E-state index in [1.165, 1.54) is 12.0 Å². The zero-order valence-corrected chi connectivity index (χ0v) is 10.6. The van der Waals surface area contributed by atoms with Crippen LogP contribution in [0, 0.1) is 5.92 Å². The van der Waals surface area contributed by atoms with Crippen LogP contribution in [0.5, 0.6) is 0 Å². The van der Waals surface area contributed by atoms with E-state index in [1.807, 2.05) is 0 Å². The fraction of sp³-hybridized carbons (Fsp3) is 0.846. The monoisotopic (exact) mass is 211 g/mol. The van der Waals surface area contributed by atoms with Crippen molar-refractivity contribution in [3.05, 3.63) is 11.6 Å². The molecule has 0 spiro atoms. The molecule has 2 heteroatoms. The Balaban J connectivity index is 2.40. The molecule has 1 aliphatic rings. The molecule has 1 aliphatic heterocycles. The molecule has 0 aromatic carbocycles. The average molecular weight is 211 g/mol. The van der Waals surface area contributed by atoms with E-state index in [4.69, 9.17) is 4.74 Å². The Morgan fingerprint density at radius 1 is 1.47 bits per heavy atom. The molecule has 15 heavy (non-hydrogen) atoms. The Hall–Kier alpha value is -0.340. The van der Waals surface area contributed by atoms with Crippen molar-refractivity contribution >= 4 is 0 Å². The van der Waals surface area contributed by atoms with Gasteiger partial charge in [-0.3, -0.25) is 0 Å². The van der Waals surface area contributed by atoms with Crippen molar-refractivity contribution in [2.45, 2.75) is 46.1 Å². The maximum Gasteiger partial charge on any atom is 0.0529 e. The highest BCUT2D eigenvalue weighted by Crippen LogP contribution is 2.17. The van der Waals surface area contributed by atoms with Gasteiger partial charge in [0.15, 0.2) is 0 Å². The second-order valence-corrected chi connectivity index (χ2v) is 5.41. The van der Waals surface area contributed by atoms with Crippen molar-refractivity contribution in [1.82, 2.24) is 5.32 Å². The van der Waals surface area contributed by atoms with Gasteiger partial charge in [0.05, 0.1) is 6.61 Å². The van der Waals surface area contributed by atoms with Crippen LogP contribution in [0.3, 0.4) is 0 Å². The topological polar surface area (TPSA) is 21.3 Å². The molecule has 1 unspecified atom stereocenters.